The average Bonchev–Trinajstić information content (AvgIpc) is 2.01. The van der Waals surface area contributed by atoms with Gasteiger partial charge in [0.25, 0.3) is 0 Å². The van der Waals surface area contributed by atoms with Crippen molar-refractivity contribution >= 4 is 0 Å². The molecule has 0 aliphatic carbocycles. The zero-order valence-electron chi connectivity index (χ0n) is 8.23. The van der Waals surface area contributed by atoms with Crippen molar-refractivity contribution in [2.24, 2.45) is 5.73 Å². The van der Waals surface area contributed by atoms with Gasteiger partial charge in [0, 0.05) is 0 Å². The Morgan fingerprint density at radius 1 is 1.21 bits per heavy atom. The van der Waals surface area contributed by atoms with Gasteiger partial charge in [-0.15, -0.1) is 0 Å². The fraction of sp³-hybridized carbons (Fsp3) is 0.400. The van der Waals surface area contributed by atoms with E-state index in [2.05, 4.69) is 0 Å². The molecule has 2 unspecified atom stereocenters. The zero-order valence-corrected chi connectivity index (χ0v) is 8.23. The van der Waals surface area contributed by atoms with E-state index in [1.807, 2.05) is 0 Å². The van der Waals surface area contributed by atoms with E-state index >= 15 is 0 Å². The molecule has 5 N–H and O–H groups in total. The van der Waals surface area contributed by atoms with Crippen LogP contribution in [0.15, 0.2) is 12.1 Å². The molecule has 2 atom stereocenters. The summed E-state index contributed by atoms with van der Waals surface area (Å²) in [6, 6.07) is 2.21. The maximum Gasteiger partial charge on any atom is 0.124 e. The molecular weight excluding hydrogens is 182 g/mol. The SMILES string of the molecule is Cc1cc(O)c(C(N)C(C)O)c(O)c1. The summed E-state index contributed by atoms with van der Waals surface area (Å²) in [6.07, 6.45) is -0.825. The minimum Gasteiger partial charge on any atom is -0.507 e. The lowest BCUT2D eigenvalue weighted by molar-refractivity contribution is 0.161. The van der Waals surface area contributed by atoms with Gasteiger partial charge in [-0.25, -0.2) is 0 Å². The molecule has 14 heavy (non-hydrogen) atoms. The number of benzene rings is 1. The minimum absolute atomic E-state index is 0.0871. The van der Waals surface area contributed by atoms with Gasteiger partial charge in [-0.2, -0.15) is 0 Å². The smallest absolute Gasteiger partial charge is 0.124 e. The second-order valence-corrected chi connectivity index (χ2v) is 3.48. The van der Waals surface area contributed by atoms with Gasteiger partial charge in [0.1, 0.15) is 11.5 Å². The van der Waals surface area contributed by atoms with Crippen molar-refractivity contribution in [2.45, 2.75) is 26.0 Å². The van der Waals surface area contributed by atoms with E-state index in [0.717, 1.165) is 5.56 Å². The third-order valence-corrected chi connectivity index (χ3v) is 2.13. The van der Waals surface area contributed by atoms with Crippen LogP contribution in [-0.4, -0.2) is 21.4 Å². The Morgan fingerprint density at radius 3 is 2.00 bits per heavy atom. The summed E-state index contributed by atoms with van der Waals surface area (Å²) >= 11 is 0. The molecule has 0 fully saturated rings. The fourth-order valence-corrected chi connectivity index (χ4v) is 1.34. The van der Waals surface area contributed by atoms with Crippen LogP contribution in [0.4, 0.5) is 0 Å². The molecule has 0 aromatic heterocycles. The van der Waals surface area contributed by atoms with Crippen molar-refractivity contribution in [2.75, 3.05) is 0 Å². The van der Waals surface area contributed by atoms with E-state index in [9.17, 15) is 15.3 Å². The Balaban J connectivity index is 3.20. The Bertz CT molecular complexity index is 313. The normalized spacial score (nSPS) is 15.1. The van der Waals surface area contributed by atoms with Gasteiger partial charge in [0.2, 0.25) is 0 Å². The van der Waals surface area contributed by atoms with Gasteiger partial charge >= 0.3 is 0 Å². The maximum absolute atomic E-state index is 9.54. The zero-order chi connectivity index (χ0) is 10.9. The van der Waals surface area contributed by atoms with Gasteiger partial charge in [-0.3, -0.25) is 0 Å². The second-order valence-electron chi connectivity index (χ2n) is 3.48. The van der Waals surface area contributed by atoms with Crippen LogP contribution in [0, 0.1) is 6.92 Å². The molecule has 4 nitrogen and oxygen atoms in total. The highest BCUT2D eigenvalue weighted by Crippen LogP contribution is 2.34. The molecule has 1 rings (SSSR count). The Morgan fingerprint density at radius 2 is 1.64 bits per heavy atom. The van der Waals surface area contributed by atoms with Crippen LogP contribution in [0.3, 0.4) is 0 Å². The van der Waals surface area contributed by atoms with Crippen molar-refractivity contribution in [3.8, 4) is 11.5 Å². The van der Waals surface area contributed by atoms with Crippen LogP contribution in [0.25, 0.3) is 0 Å². The number of aromatic hydroxyl groups is 2. The molecule has 0 bridgehead atoms. The number of aliphatic hydroxyl groups excluding tert-OH is 1. The third-order valence-electron chi connectivity index (χ3n) is 2.13. The Hall–Kier alpha value is -1.26. The maximum atomic E-state index is 9.54. The van der Waals surface area contributed by atoms with Crippen molar-refractivity contribution in [3.63, 3.8) is 0 Å². The molecular formula is C10H15NO3. The first-order valence-corrected chi connectivity index (χ1v) is 4.39. The topological polar surface area (TPSA) is 86.7 Å². The Labute approximate surface area is 82.6 Å². The van der Waals surface area contributed by atoms with E-state index in [4.69, 9.17) is 5.73 Å². The largest absolute Gasteiger partial charge is 0.507 e. The summed E-state index contributed by atoms with van der Waals surface area (Å²) in [5, 5.41) is 28.3. The lowest BCUT2D eigenvalue weighted by atomic mass is 9.99. The molecule has 78 valence electrons. The number of aliphatic hydroxyl groups is 1. The molecule has 0 aliphatic heterocycles. The fourth-order valence-electron chi connectivity index (χ4n) is 1.34. The van der Waals surface area contributed by atoms with Crippen LogP contribution in [0.5, 0.6) is 11.5 Å². The summed E-state index contributed by atoms with van der Waals surface area (Å²) in [4.78, 5) is 0. The molecule has 1 aromatic carbocycles. The van der Waals surface area contributed by atoms with E-state index in [1.54, 1.807) is 6.92 Å². The summed E-state index contributed by atoms with van der Waals surface area (Å²) < 4.78 is 0. The molecule has 0 amide bonds. The summed E-state index contributed by atoms with van der Waals surface area (Å²) in [7, 11) is 0. The standard InChI is InChI=1S/C10H15NO3/c1-5-3-7(13)9(8(14)4-5)10(11)6(2)12/h3-4,6,10,12-14H,11H2,1-2H3. The van der Waals surface area contributed by atoms with Gasteiger partial charge in [0.15, 0.2) is 0 Å². The van der Waals surface area contributed by atoms with E-state index in [1.165, 1.54) is 19.1 Å². The van der Waals surface area contributed by atoms with Crippen molar-refractivity contribution in [1.82, 2.24) is 0 Å². The predicted molar refractivity (Wildman–Crippen MR) is 53.1 cm³/mol. The molecule has 0 radical (unpaired) electrons. The highest BCUT2D eigenvalue weighted by Gasteiger charge is 2.20. The van der Waals surface area contributed by atoms with Crippen LogP contribution >= 0.6 is 0 Å². The first-order valence-electron chi connectivity index (χ1n) is 4.39. The summed E-state index contributed by atoms with van der Waals surface area (Å²) in [5.41, 5.74) is 6.54. The van der Waals surface area contributed by atoms with Gasteiger partial charge in [0.05, 0.1) is 17.7 Å². The molecule has 0 aliphatic rings. The second kappa shape index (κ2) is 3.86. The number of hydrogen-bond acceptors (Lipinski definition) is 4. The van der Waals surface area contributed by atoms with Gasteiger partial charge in [-0.1, -0.05) is 0 Å². The summed E-state index contributed by atoms with van der Waals surface area (Å²) in [6.45, 7) is 3.25. The lowest BCUT2D eigenvalue weighted by Gasteiger charge is -2.18. The Kier molecular flexibility index (Phi) is 2.98. The van der Waals surface area contributed by atoms with Gasteiger partial charge in [-0.05, 0) is 31.5 Å². The quantitative estimate of drug-likeness (QED) is 0.564. The summed E-state index contributed by atoms with van der Waals surface area (Å²) in [5.74, 6) is -0.174. The van der Waals surface area contributed by atoms with E-state index in [-0.39, 0.29) is 17.1 Å². The van der Waals surface area contributed by atoms with E-state index in [0.29, 0.717) is 0 Å². The predicted octanol–water partition coefficient (Wildman–Crippen LogP) is 0.787. The average molecular weight is 197 g/mol. The molecule has 0 spiro atoms. The molecule has 0 heterocycles. The molecule has 4 heteroatoms. The number of phenolic OH excluding ortho intramolecular Hbond substituents is 2. The lowest BCUT2D eigenvalue weighted by Crippen LogP contribution is -2.23. The van der Waals surface area contributed by atoms with Crippen LogP contribution in [0.1, 0.15) is 24.1 Å². The first kappa shape index (κ1) is 10.8. The number of phenols is 2. The molecule has 0 saturated carbocycles. The van der Waals surface area contributed by atoms with Crippen molar-refractivity contribution < 1.29 is 15.3 Å². The highest BCUT2D eigenvalue weighted by atomic mass is 16.3. The highest BCUT2D eigenvalue weighted by molar-refractivity contribution is 5.48. The molecule has 0 saturated heterocycles. The van der Waals surface area contributed by atoms with Crippen molar-refractivity contribution in [1.29, 1.82) is 0 Å². The van der Waals surface area contributed by atoms with Crippen LogP contribution in [-0.2, 0) is 0 Å². The number of hydrogen-bond donors (Lipinski definition) is 4. The first-order chi connectivity index (χ1) is 6.43. The van der Waals surface area contributed by atoms with Crippen LogP contribution in [0.2, 0.25) is 0 Å². The number of aryl methyl sites for hydroxylation is 1. The van der Waals surface area contributed by atoms with Crippen molar-refractivity contribution in [3.05, 3.63) is 23.3 Å². The molecule has 1 aromatic rings. The number of rotatable bonds is 2. The van der Waals surface area contributed by atoms with Crippen LogP contribution < -0.4 is 5.73 Å². The minimum atomic E-state index is -0.825. The third kappa shape index (κ3) is 1.97. The number of nitrogens with two attached hydrogens (primary N) is 1. The van der Waals surface area contributed by atoms with E-state index < -0.39 is 12.1 Å². The monoisotopic (exact) mass is 197 g/mol. The van der Waals surface area contributed by atoms with Gasteiger partial charge < -0.3 is 21.1 Å².